The van der Waals surface area contributed by atoms with E-state index in [2.05, 4.69) is 9.80 Å². The van der Waals surface area contributed by atoms with Crippen LogP contribution in [-0.2, 0) is 14.3 Å². The number of likely N-dealkylation sites (tertiary alicyclic amines) is 1. The maximum Gasteiger partial charge on any atom is 0.225 e. The second-order valence-electron chi connectivity index (χ2n) is 8.85. The molecule has 2 aliphatic heterocycles. The highest BCUT2D eigenvalue weighted by Gasteiger charge is 2.38. The summed E-state index contributed by atoms with van der Waals surface area (Å²) in [5, 5.41) is 0. The Morgan fingerprint density at radius 1 is 1.04 bits per heavy atom. The summed E-state index contributed by atoms with van der Waals surface area (Å²) in [7, 11) is 1.91. The van der Waals surface area contributed by atoms with Crippen LogP contribution in [0.25, 0.3) is 0 Å². The van der Waals surface area contributed by atoms with Crippen LogP contribution in [0.4, 0.5) is 0 Å². The Morgan fingerprint density at radius 2 is 1.74 bits per heavy atom. The lowest BCUT2D eigenvalue weighted by Crippen LogP contribution is -2.55. The van der Waals surface area contributed by atoms with Gasteiger partial charge in [0.05, 0.1) is 0 Å². The van der Waals surface area contributed by atoms with Gasteiger partial charge < -0.3 is 14.5 Å². The van der Waals surface area contributed by atoms with Crippen molar-refractivity contribution in [3.63, 3.8) is 0 Å². The smallest absolute Gasteiger partial charge is 0.225 e. The standard InChI is InChI=1S/C21H37N3O3/c1-16(2)20(25)22(3)11-12-24(18-8-13-27-14-9-18)19-5-4-10-23(15-19)21(26)17-6-7-17/h16-19H,4-15H2,1-3H3. The highest BCUT2D eigenvalue weighted by Crippen LogP contribution is 2.32. The zero-order valence-corrected chi connectivity index (χ0v) is 17.4. The molecule has 6 nitrogen and oxygen atoms in total. The van der Waals surface area contributed by atoms with Gasteiger partial charge in [0.15, 0.2) is 0 Å². The minimum atomic E-state index is 0.0351. The molecule has 1 atom stereocenters. The molecule has 1 aliphatic carbocycles. The van der Waals surface area contributed by atoms with E-state index >= 15 is 0 Å². The Balaban J connectivity index is 1.63. The largest absolute Gasteiger partial charge is 0.381 e. The number of carbonyl (C=O) groups is 2. The lowest BCUT2D eigenvalue weighted by Gasteiger charge is -2.44. The Labute approximate surface area is 164 Å². The van der Waals surface area contributed by atoms with Gasteiger partial charge in [0.2, 0.25) is 11.8 Å². The Kier molecular flexibility index (Phi) is 7.15. The first-order chi connectivity index (χ1) is 13.0. The number of amides is 2. The molecule has 3 rings (SSSR count). The molecule has 27 heavy (non-hydrogen) atoms. The SMILES string of the molecule is CC(C)C(=O)N(C)CCN(C1CCOCC1)C1CCCN(C(=O)C2CC2)C1. The van der Waals surface area contributed by atoms with Gasteiger partial charge in [-0.15, -0.1) is 0 Å². The third kappa shape index (κ3) is 5.44. The summed E-state index contributed by atoms with van der Waals surface area (Å²) in [5.74, 6) is 0.915. The first kappa shape index (κ1) is 20.6. The van der Waals surface area contributed by atoms with Gasteiger partial charge in [-0.25, -0.2) is 0 Å². The van der Waals surface area contributed by atoms with Crippen molar-refractivity contribution >= 4 is 11.8 Å². The molecule has 0 aromatic carbocycles. The van der Waals surface area contributed by atoms with Crippen molar-refractivity contribution in [2.45, 2.75) is 64.5 Å². The first-order valence-corrected chi connectivity index (χ1v) is 10.8. The molecule has 2 saturated heterocycles. The Bertz CT molecular complexity index is 515. The highest BCUT2D eigenvalue weighted by atomic mass is 16.5. The van der Waals surface area contributed by atoms with Crippen molar-refractivity contribution in [2.75, 3.05) is 46.4 Å². The van der Waals surface area contributed by atoms with Crippen LogP contribution in [0.1, 0.15) is 52.4 Å². The van der Waals surface area contributed by atoms with Crippen LogP contribution in [-0.4, -0.2) is 85.0 Å². The van der Waals surface area contributed by atoms with Gasteiger partial charge in [0.1, 0.15) is 0 Å². The highest BCUT2D eigenvalue weighted by molar-refractivity contribution is 5.81. The predicted octanol–water partition coefficient (Wildman–Crippen LogP) is 1.98. The van der Waals surface area contributed by atoms with E-state index in [0.717, 1.165) is 77.9 Å². The van der Waals surface area contributed by atoms with E-state index in [1.165, 1.54) is 0 Å². The number of nitrogens with zero attached hydrogens (tertiary/aromatic N) is 3. The fourth-order valence-electron chi connectivity index (χ4n) is 4.51. The molecular weight excluding hydrogens is 342 g/mol. The van der Waals surface area contributed by atoms with E-state index in [0.29, 0.717) is 23.9 Å². The Hall–Kier alpha value is -1.14. The molecule has 0 aromatic heterocycles. The number of piperidine rings is 1. The molecule has 2 heterocycles. The van der Waals surface area contributed by atoms with Gasteiger partial charge in [0.25, 0.3) is 0 Å². The van der Waals surface area contributed by atoms with Gasteiger partial charge in [-0.05, 0) is 38.5 Å². The van der Waals surface area contributed by atoms with Crippen LogP contribution in [0.3, 0.4) is 0 Å². The molecule has 1 saturated carbocycles. The second-order valence-corrected chi connectivity index (χ2v) is 8.85. The Morgan fingerprint density at radius 3 is 2.37 bits per heavy atom. The average molecular weight is 380 g/mol. The summed E-state index contributed by atoms with van der Waals surface area (Å²) < 4.78 is 5.58. The van der Waals surface area contributed by atoms with Crippen molar-refractivity contribution in [2.24, 2.45) is 11.8 Å². The number of likely N-dealkylation sites (N-methyl/N-ethyl adjacent to an activating group) is 1. The van der Waals surface area contributed by atoms with Crippen molar-refractivity contribution in [1.82, 2.24) is 14.7 Å². The van der Waals surface area contributed by atoms with Crippen LogP contribution in [0.5, 0.6) is 0 Å². The van der Waals surface area contributed by atoms with Crippen LogP contribution < -0.4 is 0 Å². The molecule has 3 aliphatic rings. The number of ether oxygens (including phenoxy) is 1. The molecule has 2 amide bonds. The van der Waals surface area contributed by atoms with Gasteiger partial charge in [-0.2, -0.15) is 0 Å². The van der Waals surface area contributed by atoms with Crippen LogP contribution >= 0.6 is 0 Å². The lowest BCUT2D eigenvalue weighted by atomic mass is 9.98. The number of hydrogen-bond donors (Lipinski definition) is 0. The molecule has 0 spiro atoms. The molecule has 0 bridgehead atoms. The quantitative estimate of drug-likeness (QED) is 0.679. The third-order valence-corrected chi connectivity index (χ3v) is 6.33. The summed E-state index contributed by atoms with van der Waals surface area (Å²) in [4.78, 5) is 31.4. The van der Waals surface area contributed by atoms with E-state index in [9.17, 15) is 9.59 Å². The van der Waals surface area contributed by atoms with Gasteiger partial charge in [-0.1, -0.05) is 13.8 Å². The summed E-state index contributed by atoms with van der Waals surface area (Å²) in [5.41, 5.74) is 0. The van der Waals surface area contributed by atoms with Crippen LogP contribution in [0.2, 0.25) is 0 Å². The second kappa shape index (κ2) is 9.37. The van der Waals surface area contributed by atoms with Crippen LogP contribution in [0.15, 0.2) is 0 Å². The van der Waals surface area contributed by atoms with E-state index in [1.807, 2.05) is 25.8 Å². The fourth-order valence-corrected chi connectivity index (χ4v) is 4.51. The van der Waals surface area contributed by atoms with Crippen molar-refractivity contribution in [3.8, 4) is 0 Å². The van der Waals surface area contributed by atoms with Crippen molar-refractivity contribution < 1.29 is 14.3 Å². The summed E-state index contributed by atoms with van der Waals surface area (Å²) in [6, 6.07) is 0.911. The zero-order chi connectivity index (χ0) is 19.4. The maximum absolute atomic E-state index is 12.6. The molecule has 0 N–H and O–H groups in total. The minimum absolute atomic E-state index is 0.0351. The van der Waals surface area contributed by atoms with E-state index < -0.39 is 0 Å². The molecule has 0 aromatic rings. The summed E-state index contributed by atoms with van der Waals surface area (Å²) in [6.45, 7) is 8.96. The molecule has 154 valence electrons. The molecule has 3 fully saturated rings. The molecule has 1 unspecified atom stereocenters. The molecular formula is C21H37N3O3. The van der Waals surface area contributed by atoms with E-state index in [4.69, 9.17) is 4.74 Å². The molecule has 6 heteroatoms. The normalized spacial score (nSPS) is 24.5. The monoisotopic (exact) mass is 379 g/mol. The fraction of sp³-hybridized carbons (Fsp3) is 0.905. The number of carbonyl (C=O) groups excluding carboxylic acids is 2. The average Bonchev–Trinajstić information content (AvgIpc) is 3.53. The lowest BCUT2D eigenvalue weighted by molar-refractivity contribution is -0.135. The molecule has 0 radical (unpaired) electrons. The van der Waals surface area contributed by atoms with E-state index in [1.54, 1.807) is 0 Å². The van der Waals surface area contributed by atoms with E-state index in [-0.39, 0.29) is 11.8 Å². The maximum atomic E-state index is 12.6. The minimum Gasteiger partial charge on any atom is -0.381 e. The zero-order valence-electron chi connectivity index (χ0n) is 17.4. The van der Waals surface area contributed by atoms with Crippen LogP contribution in [0, 0.1) is 11.8 Å². The summed E-state index contributed by atoms with van der Waals surface area (Å²) in [6.07, 6.45) is 6.48. The summed E-state index contributed by atoms with van der Waals surface area (Å²) >= 11 is 0. The third-order valence-electron chi connectivity index (χ3n) is 6.33. The van der Waals surface area contributed by atoms with Crippen molar-refractivity contribution in [1.29, 1.82) is 0 Å². The van der Waals surface area contributed by atoms with Gasteiger partial charge in [-0.3, -0.25) is 14.5 Å². The van der Waals surface area contributed by atoms with Crippen molar-refractivity contribution in [3.05, 3.63) is 0 Å². The topological polar surface area (TPSA) is 53.1 Å². The number of rotatable bonds is 7. The predicted molar refractivity (Wildman–Crippen MR) is 105 cm³/mol. The van der Waals surface area contributed by atoms with Gasteiger partial charge in [0, 0.05) is 70.4 Å². The van der Waals surface area contributed by atoms with Gasteiger partial charge >= 0.3 is 0 Å². The number of hydrogen-bond acceptors (Lipinski definition) is 4. The first-order valence-electron chi connectivity index (χ1n) is 10.8.